The number of ether oxygens (including phenoxy) is 2. The third-order valence-electron chi connectivity index (χ3n) is 6.57. The molecule has 44 heavy (non-hydrogen) atoms. The quantitative estimate of drug-likeness (QED) is 0.0871. The zero-order chi connectivity index (χ0) is 31.8. The van der Waals surface area contributed by atoms with Gasteiger partial charge in [0.15, 0.2) is 46.8 Å². The number of nitrogens with one attached hydrogen (secondary N) is 1. The fourth-order valence-electron chi connectivity index (χ4n) is 4.66. The maximum Gasteiger partial charge on any atom is 0.325 e. The smallest absolute Gasteiger partial charge is 0.325 e. The number of thiol groups is 1. The molecule has 6 heterocycles. The fourth-order valence-corrected chi connectivity index (χ4v) is 6.11. The lowest BCUT2D eigenvalue weighted by molar-refractivity contribution is -0.0576. The second-order valence-electron chi connectivity index (χ2n) is 9.30. The average Bonchev–Trinajstić information content (AvgIpc) is 3.74. The highest BCUT2D eigenvalue weighted by molar-refractivity contribution is 8.33. The summed E-state index contributed by atoms with van der Waals surface area (Å²) in [6.45, 7) is -5.02. The number of hydrogen-bond acceptors (Lipinski definition) is 17. The summed E-state index contributed by atoms with van der Waals surface area (Å²) >= 11 is 8.37. The van der Waals surface area contributed by atoms with E-state index in [9.17, 15) is 19.9 Å². The number of nitrogens with two attached hydrogens (primary N) is 2. The molecule has 0 bridgehead atoms. The van der Waals surface area contributed by atoms with E-state index in [2.05, 4.69) is 47.5 Å². The molecule has 25 heteroatoms. The third-order valence-corrected chi connectivity index (χ3v) is 8.16. The van der Waals surface area contributed by atoms with E-state index in [1.807, 2.05) is 0 Å². The van der Waals surface area contributed by atoms with Crippen LogP contribution in [0.1, 0.15) is 18.9 Å². The molecule has 2 aliphatic rings. The van der Waals surface area contributed by atoms with Crippen molar-refractivity contribution in [3.63, 3.8) is 0 Å². The van der Waals surface area contributed by atoms with E-state index in [-0.39, 0.29) is 54.8 Å². The predicted octanol–water partition coefficient (Wildman–Crippen LogP) is -0.863. The number of H-pyrrole nitrogens is 1. The van der Waals surface area contributed by atoms with Gasteiger partial charge in [-0.2, -0.15) is 9.67 Å². The zero-order valence-corrected chi connectivity index (χ0v) is 25.5. The molecule has 2 aliphatic heterocycles. The largest absolute Gasteiger partial charge is 0.394 e. The van der Waals surface area contributed by atoms with Gasteiger partial charge in [-0.25, -0.2) is 19.3 Å². The van der Waals surface area contributed by atoms with Gasteiger partial charge in [-0.15, -0.1) is 5.10 Å². The summed E-state index contributed by atoms with van der Waals surface area (Å²) in [5.74, 6) is -0.135. The van der Waals surface area contributed by atoms with Crippen LogP contribution in [0.2, 0.25) is 0 Å². The number of nitrogens with zero attached hydrogens (tertiary/aromatic N) is 8. The second kappa shape index (κ2) is 13.3. The van der Waals surface area contributed by atoms with Crippen LogP contribution in [0.3, 0.4) is 0 Å². The van der Waals surface area contributed by atoms with Crippen LogP contribution in [0.5, 0.6) is 0 Å². The maximum atomic E-state index is 15.1. The molecule has 0 radical (unpaired) electrons. The van der Waals surface area contributed by atoms with Crippen LogP contribution in [0.4, 0.5) is 16.2 Å². The van der Waals surface area contributed by atoms with Gasteiger partial charge in [0.25, 0.3) is 5.56 Å². The first-order valence-corrected chi connectivity index (χ1v) is 16.9. The van der Waals surface area contributed by atoms with Gasteiger partial charge in [-0.3, -0.25) is 18.9 Å². The van der Waals surface area contributed by atoms with Crippen molar-refractivity contribution in [2.24, 2.45) is 0 Å². The topological polar surface area (TPSA) is 287 Å². The molecule has 8 atom stereocenters. The molecular weight excluding hydrogens is 671 g/mol. The number of fused-ring (bicyclic) bond motifs is 2. The number of rotatable bonds is 8. The Morgan fingerprint density at radius 2 is 2.00 bits per heavy atom. The van der Waals surface area contributed by atoms with Crippen LogP contribution >= 0.6 is 26.6 Å². The van der Waals surface area contributed by atoms with E-state index in [1.165, 1.54) is 10.9 Å². The van der Waals surface area contributed by atoms with E-state index >= 15 is 4.39 Å². The molecule has 238 valence electrons. The molecule has 0 amide bonds. The van der Waals surface area contributed by atoms with Gasteiger partial charge in [-0.05, 0) is 11.8 Å². The van der Waals surface area contributed by atoms with Crippen LogP contribution < -0.4 is 17.0 Å². The number of alkyl halides is 1. The van der Waals surface area contributed by atoms with Gasteiger partial charge in [0, 0.05) is 6.42 Å². The molecule has 1 unspecified atom stereocenters. The first kappa shape index (κ1) is 32.6. The summed E-state index contributed by atoms with van der Waals surface area (Å²) in [6, 6.07) is 0. The van der Waals surface area contributed by atoms with Crippen molar-refractivity contribution < 1.29 is 42.6 Å². The Kier molecular flexibility index (Phi) is 9.82. The van der Waals surface area contributed by atoms with E-state index in [0.717, 1.165) is 11.0 Å². The van der Waals surface area contributed by atoms with Crippen molar-refractivity contribution in [1.82, 2.24) is 44.5 Å². The number of anilines is 2. The fraction of sp³-hybridized carbons (Fsp3) is 0.526. The summed E-state index contributed by atoms with van der Waals surface area (Å²) in [4.78, 5) is 41.3. The van der Waals surface area contributed by atoms with Crippen molar-refractivity contribution in [3.8, 4) is 0 Å². The normalized spacial score (nSPS) is 28.3. The first-order chi connectivity index (χ1) is 21.0. The molecule has 4 aromatic rings. The maximum absolute atomic E-state index is 15.1. The van der Waals surface area contributed by atoms with Crippen LogP contribution in [0.25, 0.3) is 22.3 Å². The van der Waals surface area contributed by atoms with Gasteiger partial charge in [0.1, 0.15) is 24.6 Å². The van der Waals surface area contributed by atoms with E-state index in [4.69, 9.17) is 46.4 Å². The lowest BCUT2D eigenvalue weighted by Gasteiger charge is -2.25. The van der Waals surface area contributed by atoms with Crippen LogP contribution in [0, 0.1) is 0 Å². The average molecular weight is 696 g/mol. The molecular formula is C19H24FN11O9P2S2. The van der Waals surface area contributed by atoms with Gasteiger partial charge in [0.2, 0.25) is 13.6 Å². The highest BCUT2D eigenvalue weighted by Gasteiger charge is 2.48. The number of aromatic amines is 1. The SMILES string of the molecule is Nc1nc2c(ncn2[C@@H]2O[C@H](CO)C[C@H]2OP(O)(=S)OC[C@H]2O[C@@H](n3nnc4c(N)ncnc43)[C@@H](F)[C@@H]2O)c(=O)[nH]1.O=PS. The Morgan fingerprint density at radius 3 is 2.73 bits per heavy atom. The van der Waals surface area contributed by atoms with E-state index in [0.29, 0.717) is 0 Å². The van der Waals surface area contributed by atoms with Crippen LogP contribution in [-0.4, -0.2) is 103 Å². The number of imidazole rings is 1. The molecule has 0 aliphatic carbocycles. The monoisotopic (exact) mass is 695 g/mol. The van der Waals surface area contributed by atoms with E-state index in [1.54, 1.807) is 0 Å². The van der Waals surface area contributed by atoms with Gasteiger partial charge in [0.05, 0.1) is 25.6 Å². The number of aliphatic hydroxyl groups is 2. The molecule has 20 nitrogen and oxygen atoms in total. The predicted molar refractivity (Wildman–Crippen MR) is 154 cm³/mol. The Hall–Kier alpha value is -2.82. The molecule has 4 aromatic heterocycles. The minimum Gasteiger partial charge on any atom is -0.394 e. The van der Waals surface area contributed by atoms with Gasteiger partial charge >= 0.3 is 6.72 Å². The first-order valence-electron chi connectivity index (χ1n) is 12.4. The summed E-state index contributed by atoms with van der Waals surface area (Å²) in [5, 5.41) is 27.8. The lowest BCUT2D eigenvalue weighted by atomic mass is 10.1. The van der Waals surface area contributed by atoms with Crippen LogP contribution in [0.15, 0.2) is 17.4 Å². The third kappa shape index (κ3) is 6.44. The van der Waals surface area contributed by atoms with Crippen molar-refractivity contribution >= 4 is 72.5 Å². The Labute approximate surface area is 256 Å². The second-order valence-corrected chi connectivity index (χ2v) is 12.7. The van der Waals surface area contributed by atoms with E-state index < -0.39 is 61.9 Å². The summed E-state index contributed by atoms with van der Waals surface area (Å²) in [5.41, 5.74) is 11.1. The summed E-state index contributed by atoms with van der Waals surface area (Å²) in [7, 11) is -0.139. The number of halogens is 1. The number of nitrogen functional groups attached to an aromatic ring is 2. The molecule has 0 aromatic carbocycles. The van der Waals surface area contributed by atoms with Crippen molar-refractivity contribution in [3.05, 3.63) is 23.0 Å². The van der Waals surface area contributed by atoms with Crippen LogP contribution in [-0.2, 0) is 34.9 Å². The van der Waals surface area contributed by atoms with Crippen molar-refractivity contribution in [1.29, 1.82) is 0 Å². The van der Waals surface area contributed by atoms with Gasteiger partial charge in [-0.1, -0.05) is 17.5 Å². The zero-order valence-electron chi connectivity index (χ0n) is 22.0. The molecule has 2 fully saturated rings. The Balaban J connectivity index is 0.00000123. The molecule has 6 rings (SSSR count). The standard InChI is InChI=1S/C19H23FN11O8PS.HOPS/c20-9-12(33)8(38-18(9)31-14-10(28-29-31)13(21)23-4-24-14)3-36-40(35,41)39-7-1-6(2-32)37-17(7)30-5-25-11-15(30)26-19(22)27-16(11)34;1-2-3/h4-9,12,17-18,32-33H,1-3H2,(H,35,41)(H2,21,23,24)(H3,22,26,27,34);(H,1,3)/t6-,7+,8+,9-,12+,17+,18+,40?;/m0./s1. The molecule has 2 saturated heterocycles. The Morgan fingerprint density at radius 1 is 1.25 bits per heavy atom. The number of aliphatic hydroxyl groups excluding tert-OH is 2. The minimum absolute atomic E-state index is 0.0225. The van der Waals surface area contributed by atoms with Gasteiger partial charge < -0.3 is 45.1 Å². The summed E-state index contributed by atoms with van der Waals surface area (Å²) in [6.07, 6.45) is -6.66. The molecule has 8 N–H and O–H groups in total. The van der Waals surface area contributed by atoms with Crippen molar-refractivity contribution in [2.45, 2.75) is 49.5 Å². The molecule has 0 spiro atoms. The minimum atomic E-state index is -4.08. The number of hydrogen-bond donors (Lipinski definition) is 7. The highest BCUT2D eigenvalue weighted by Crippen LogP contribution is 2.50. The number of aromatic nitrogens is 9. The lowest BCUT2D eigenvalue weighted by Crippen LogP contribution is -2.31. The van der Waals surface area contributed by atoms with Crippen molar-refractivity contribution in [2.75, 3.05) is 24.7 Å². The Bertz CT molecular complexity index is 1760. The highest BCUT2D eigenvalue weighted by atomic mass is 32.7. The summed E-state index contributed by atoms with van der Waals surface area (Å²) < 4.78 is 48.8. The molecule has 0 saturated carbocycles.